The molecule has 0 saturated heterocycles. The van der Waals surface area contributed by atoms with Gasteiger partial charge < -0.3 is 0 Å². The third kappa shape index (κ3) is 5.28. The van der Waals surface area contributed by atoms with Crippen LogP contribution in [0, 0.1) is 0 Å². The normalized spacial score (nSPS) is 11.7. The van der Waals surface area contributed by atoms with Gasteiger partial charge in [-0.2, -0.15) is 0 Å². The van der Waals surface area contributed by atoms with Gasteiger partial charge in [-0.25, -0.2) is 0 Å². The zero-order valence-corrected chi connectivity index (χ0v) is 6.40. The zero-order chi connectivity index (χ0) is 7.28. The van der Waals surface area contributed by atoms with E-state index in [0.717, 1.165) is 6.42 Å². The molecule has 0 unspecified atom stereocenters. The summed E-state index contributed by atoms with van der Waals surface area (Å²) in [7, 11) is 0. The average Bonchev–Trinajstić information content (AvgIpc) is 1.83. The predicted octanol–water partition coefficient (Wildman–Crippen LogP) is 2.32. The maximum atomic E-state index is 10.4. The molecular weight excluding hydrogens is 112 g/mol. The fourth-order valence-corrected chi connectivity index (χ4v) is 0.462. The number of hydrogen-bond donors (Lipinski definition) is 0. The first-order chi connectivity index (χ1) is 4.16. The molecular formula is C8H14O. The Balaban J connectivity index is 3.56. The van der Waals surface area contributed by atoms with Crippen molar-refractivity contribution in [2.45, 2.75) is 33.6 Å². The van der Waals surface area contributed by atoms with Crippen LogP contribution in [0.2, 0.25) is 0 Å². The third-order valence-electron chi connectivity index (χ3n) is 1.30. The van der Waals surface area contributed by atoms with Crippen molar-refractivity contribution in [1.29, 1.82) is 0 Å². The van der Waals surface area contributed by atoms with Crippen LogP contribution >= 0.6 is 0 Å². The number of carbonyl (C=O) groups excluding carboxylic acids is 1. The van der Waals surface area contributed by atoms with Gasteiger partial charge in [-0.05, 0) is 20.3 Å². The van der Waals surface area contributed by atoms with Crippen LogP contribution in [0.1, 0.15) is 33.6 Å². The smallest absolute Gasteiger partial charge is 0.133 e. The van der Waals surface area contributed by atoms with Gasteiger partial charge in [0.15, 0.2) is 0 Å². The molecule has 0 aromatic carbocycles. The largest absolute Gasteiger partial charge is 0.300 e. The maximum absolute atomic E-state index is 10.4. The quantitative estimate of drug-likeness (QED) is 0.530. The molecule has 0 spiro atoms. The molecule has 0 radical (unpaired) electrons. The summed E-state index contributed by atoms with van der Waals surface area (Å²) in [6, 6.07) is 0. The van der Waals surface area contributed by atoms with Gasteiger partial charge in [0.05, 0.1) is 0 Å². The van der Waals surface area contributed by atoms with Crippen molar-refractivity contribution in [1.82, 2.24) is 0 Å². The minimum absolute atomic E-state index is 0.239. The molecule has 52 valence electrons. The van der Waals surface area contributed by atoms with Crippen LogP contribution in [0.25, 0.3) is 0 Å². The van der Waals surface area contributed by atoms with Crippen LogP contribution in [0.15, 0.2) is 11.6 Å². The topological polar surface area (TPSA) is 17.1 Å². The maximum Gasteiger partial charge on any atom is 0.133 e. The van der Waals surface area contributed by atoms with E-state index >= 15 is 0 Å². The number of carbonyl (C=O) groups is 1. The molecule has 0 aliphatic rings. The highest BCUT2D eigenvalue weighted by atomic mass is 16.1. The summed E-state index contributed by atoms with van der Waals surface area (Å²) in [4.78, 5) is 10.4. The lowest BCUT2D eigenvalue weighted by atomic mass is 10.2. The molecule has 0 aromatic heterocycles. The number of ketones is 1. The van der Waals surface area contributed by atoms with Crippen molar-refractivity contribution in [2.75, 3.05) is 0 Å². The first-order valence-electron chi connectivity index (χ1n) is 3.32. The fourth-order valence-electron chi connectivity index (χ4n) is 0.462. The van der Waals surface area contributed by atoms with E-state index in [1.165, 1.54) is 5.57 Å². The van der Waals surface area contributed by atoms with E-state index in [-0.39, 0.29) is 5.78 Å². The summed E-state index contributed by atoms with van der Waals surface area (Å²) in [6.07, 6.45) is 3.63. The van der Waals surface area contributed by atoms with E-state index in [2.05, 4.69) is 6.92 Å². The van der Waals surface area contributed by atoms with Crippen molar-refractivity contribution >= 4 is 5.78 Å². The Hall–Kier alpha value is -0.590. The van der Waals surface area contributed by atoms with E-state index in [1.807, 2.05) is 13.0 Å². The summed E-state index contributed by atoms with van der Waals surface area (Å²) < 4.78 is 0. The highest BCUT2D eigenvalue weighted by Gasteiger charge is 1.87. The average molecular weight is 126 g/mol. The van der Waals surface area contributed by atoms with Crippen molar-refractivity contribution < 1.29 is 4.79 Å². The van der Waals surface area contributed by atoms with Crippen molar-refractivity contribution in [3.63, 3.8) is 0 Å². The molecule has 0 fully saturated rings. The van der Waals surface area contributed by atoms with E-state index in [0.29, 0.717) is 6.42 Å². The molecule has 0 aliphatic heterocycles. The van der Waals surface area contributed by atoms with E-state index in [4.69, 9.17) is 0 Å². The molecule has 0 atom stereocenters. The van der Waals surface area contributed by atoms with Crippen LogP contribution in [-0.2, 0) is 4.79 Å². The number of hydrogen-bond acceptors (Lipinski definition) is 1. The minimum Gasteiger partial charge on any atom is -0.300 e. The summed E-state index contributed by atoms with van der Waals surface area (Å²) in [5, 5.41) is 0. The molecule has 0 rings (SSSR count). The number of Topliss-reactive ketones (excluding diaryl/α,β-unsaturated/α-hetero) is 1. The van der Waals surface area contributed by atoms with Crippen LogP contribution in [-0.4, -0.2) is 5.78 Å². The van der Waals surface area contributed by atoms with E-state index in [1.54, 1.807) is 6.92 Å². The Morgan fingerprint density at radius 1 is 1.44 bits per heavy atom. The Bertz CT molecular complexity index is 123. The van der Waals surface area contributed by atoms with E-state index in [9.17, 15) is 4.79 Å². The monoisotopic (exact) mass is 126 g/mol. The Labute approximate surface area is 56.8 Å². The summed E-state index contributed by atoms with van der Waals surface area (Å²) in [5.74, 6) is 0.239. The van der Waals surface area contributed by atoms with Crippen LogP contribution < -0.4 is 0 Å². The van der Waals surface area contributed by atoms with Crippen molar-refractivity contribution in [3.8, 4) is 0 Å². The molecule has 0 saturated carbocycles. The lowest BCUT2D eigenvalue weighted by molar-refractivity contribution is -0.116. The van der Waals surface area contributed by atoms with Crippen LogP contribution in [0.5, 0.6) is 0 Å². The van der Waals surface area contributed by atoms with Crippen molar-refractivity contribution in [3.05, 3.63) is 11.6 Å². The number of allylic oxidation sites excluding steroid dienone is 2. The van der Waals surface area contributed by atoms with Gasteiger partial charge in [-0.15, -0.1) is 0 Å². The van der Waals surface area contributed by atoms with Gasteiger partial charge in [0.25, 0.3) is 0 Å². The molecule has 0 aliphatic carbocycles. The van der Waals surface area contributed by atoms with Gasteiger partial charge in [0.1, 0.15) is 5.78 Å². The minimum atomic E-state index is 0.239. The van der Waals surface area contributed by atoms with Crippen LogP contribution in [0.4, 0.5) is 0 Å². The highest BCUT2D eigenvalue weighted by molar-refractivity contribution is 5.77. The summed E-state index contributed by atoms with van der Waals surface area (Å²) >= 11 is 0. The molecule has 0 aromatic rings. The highest BCUT2D eigenvalue weighted by Crippen LogP contribution is 1.99. The lowest BCUT2D eigenvalue weighted by Gasteiger charge is -1.91. The molecule has 0 bridgehead atoms. The van der Waals surface area contributed by atoms with Gasteiger partial charge >= 0.3 is 0 Å². The molecule has 0 amide bonds. The molecule has 1 heteroatoms. The first kappa shape index (κ1) is 8.41. The standard InChI is InChI=1S/C8H14O/c1-4-7(2)5-6-8(3)9/h5H,4,6H2,1-3H3/b7-5+. The second-order valence-corrected chi connectivity index (χ2v) is 2.31. The van der Waals surface area contributed by atoms with Crippen LogP contribution in [0.3, 0.4) is 0 Å². The first-order valence-corrected chi connectivity index (χ1v) is 3.32. The fraction of sp³-hybridized carbons (Fsp3) is 0.625. The zero-order valence-electron chi connectivity index (χ0n) is 6.40. The van der Waals surface area contributed by atoms with Crippen molar-refractivity contribution in [2.24, 2.45) is 0 Å². The summed E-state index contributed by atoms with van der Waals surface area (Å²) in [6.45, 7) is 5.74. The second kappa shape index (κ2) is 4.30. The molecule has 1 nitrogen and oxygen atoms in total. The predicted molar refractivity (Wildman–Crippen MR) is 39.3 cm³/mol. The molecule has 9 heavy (non-hydrogen) atoms. The van der Waals surface area contributed by atoms with Gasteiger partial charge in [0.2, 0.25) is 0 Å². The SMILES string of the molecule is CC/C(C)=C/CC(C)=O. The Morgan fingerprint density at radius 3 is 2.33 bits per heavy atom. The molecule has 0 N–H and O–H groups in total. The van der Waals surface area contributed by atoms with E-state index < -0.39 is 0 Å². The third-order valence-corrected chi connectivity index (χ3v) is 1.30. The van der Waals surface area contributed by atoms with Gasteiger partial charge in [0, 0.05) is 6.42 Å². The molecule has 0 heterocycles. The number of rotatable bonds is 3. The van der Waals surface area contributed by atoms with Gasteiger partial charge in [-0.3, -0.25) is 4.79 Å². The van der Waals surface area contributed by atoms with Gasteiger partial charge in [-0.1, -0.05) is 18.6 Å². The Morgan fingerprint density at radius 2 is 2.00 bits per heavy atom. The Kier molecular flexibility index (Phi) is 4.02. The second-order valence-electron chi connectivity index (χ2n) is 2.31. The lowest BCUT2D eigenvalue weighted by Crippen LogP contribution is -1.85. The summed E-state index contributed by atoms with van der Waals surface area (Å²) in [5.41, 5.74) is 1.30.